The van der Waals surface area contributed by atoms with Crippen LogP contribution in [0.15, 0.2) is 28.8 Å². The largest absolute Gasteiger partial charge is 0.354 e. The summed E-state index contributed by atoms with van der Waals surface area (Å²) in [5.74, 6) is 0.905. The number of benzene rings is 1. The van der Waals surface area contributed by atoms with E-state index in [1.807, 2.05) is 31.2 Å². The predicted molar refractivity (Wildman–Crippen MR) is 111 cm³/mol. The van der Waals surface area contributed by atoms with E-state index in [2.05, 4.69) is 25.7 Å². The van der Waals surface area contributed by atoms with Crippen molar-refractivity contribution < 1.29 is 14.1 Å². The Kier molecular flexibility index (Phi) is 6.42. The first-order chi connectivity index (χ1) is 14.6. The quantitative estimate of drug-likeness (QED) is 0.781. The maximum Gasteiger partial charge on any atom is 0.257 e. The Morgan fingerprint density at radius 2 is 2.07 bits per heavy atom. The molecule has 0 radical (unpaired) electrons. The van der Waals surface area contributed by atoms with Crippen LogP contribution in [0.25, 0.3) is 11.5 Å². The van der Waals surface area contributed by atoms with E-state index in [0.29, 0.717) is 37.8 Å². The lowest BCUT2D eigenvalue weighted by Crippen LogP contribution is -2.50. The summed E-state index contributed by atoms with van der Waals surface area (Å²) in [7, 11) is 0. The molecule has 4 rings (SSSR count). The molecule has 0 bridgehead atoms. The molecule has 8 heteroatoms. The van der Waals surface area contributed by atoms with E-state index >= 15 is 0 Å². The first kappa shape index (κ1) is 20.5. The number of likely N-dealkylation sites (tertiary alicyclic amines) is 1. The minimum absolute atomic E-state index is 0.0322. The van der Waals surface area contributed by atoms with Crippen LogP contribution in [0.4, 0.5) is 0 Å². The van der Waals surface area contributed by atoms with Gasteiger partial charge in [-0.05, 0) is 57.7 Å². The van der Waals surface area contributed by atoms with Crippen LogP contribution in [-0.2, 0) is 16.1 Å². The molecule has 8 nitrogen and oxygen atoms in total. The van der Waals surface area contributed by atoms with Crippen molar-refractivity contribution in [2.45, 2.75) is 51.6 Å². The number of hydrogen-bond acceptors (Lipinski definition) is 6. The predicted octanol–water partition coefficient (Wildman–Crippen LogP) is 2.04. The molecule has 3 heterocycles. The normalized spacial score (nSPS) is 22.9. The molecular weight excluding hydrogens is 382 g/mol. The smallest absolute Gasteiger partial charge is 0.257 e. The Hall–Kier alpha value is -2.74. The van der Waals surface area contributed by atoms with Crippen LogP contribution in [0.3, 0.4) is 0 Å². The molecule has 2 aromatic rings. The molecule has 2 aliphatic heterocycles. The summed E-state index contributed by atoms with van der Waals surface area (Å²) >= 11 is 0. The minimum Gasteiger partial charge on any atom is -0.354 e. The Morgan fingerprint density at radius 1 is 1.23 bits per heavy atom. The van der Waals surface area contributed by atoms with Crippen LogP contribution >= 0.6 is 0 Å². The van der Waals surface area contributed by atoms with Gasteiger partial charge in [-0.1, -0.05) is 22.9 Å². The highest BCUT2D eigenvalue weighted by Crippen LogP contribution is 2.21. The molecule has 2 fully saturated rings. The molecule has 2 saturated heterocycles. The van der Waals surface area contributed by atoms with Crippen molar-refractivity contribution in [3.63, 3.8) is 0 Å². The first-order valence-corrected chi connectivity index (χ1v) is 10.8. The van der Waals surface area contributed by atoms with E-state index in [9.17, 15) is 9.59 Å². The number of piperidine rings is 1. The zero-order valence-corrected chi connectivity index (χ0v) is 17.4. The third kappa shape index (κ3) is 5.05. The molecular formula is C22H29N5O3. The van der Waals surface area contributed by atoms with Gasteiger partial charge in [-0.2, -0.15) is 4.98 Å². The summed E-state index contributed by atoms with van der Waals surface area (Å²) in [6.07, 6.45) is 4.38. The Labute approximate surface area is 176 Å². The van der Waals surface area contributed by atoms with E-state index in [4.69, 9.17) is 4.52 Å². The number of aryl methyl sites for hydroxylation is 1. The fourth-order valence-corrected chi connectivity index (χ4v) is 4.11. The van der Waals surface area contributed by atoms with Gasteiger partial charge in [-0.3, -0.25) is 14.5 Å². The van der Waals surface area contributed by atoms with Crippen molar-refractivity contribution in [1.82, 2.24) is 25.7 Å². The highest BCUT2D eigenvalue weighted by molar-refractivity contribution is 5.88. The first-order valence-electron chi connectivity index (χ1n) is 10.8. The van der Waals surface area contributed by atoms with Crippen LogP contribution in [0.1, 0.15) is 43.5 Å². The average Bonchev–Trinajstić information content (AvgIpc) is 3.12. The molecule has 30 heavy (non-hydrogen) atoms. The number of carbonyl (C=O) groups excluding carboxylic acids is 2. The van der Waals surface area contributed by atoms with Gasteiger partial charge < -0.3 is 15.2 Å². The molecule has 160 valence electrons. The second-order valence-electron chi connectivity index (χ2n) is 8.30. The standard InChI is InChI=1S/C22H29N5O3/c1-15-7-9-16(10-8-15)22-25-19(26-30-22)14-27-12-4-5-17(13-27)20(28)24-18-6-2-3-11-23-21(18)29/h7-10,17-18H,2-6,11-14H2,1H3,(H,23,29)(H,24,28)/t17-,18-/m0/s1. The van der Waals surface area contributed by atoms with Crippen molar-refractivity contribution >= 4 is 11.8 Å². The van der Waals surface area contributed by atoms with E-state index in [1.165, 1.54) is 5.56 Å². The SMILES string of the molecule is Cc1ccc(-c2nc(CN3CCC[C@H](C(=O)N[C@H]4CCCCNC4=O)C3)no2)cc1. The summed E-state index contributed by atoms with van der Waals surface area (Å²) in [6.45, 7) is 4.80. The number of rotatable bonds is 5. The molecule has 0 saturated carbocycles. The number of amides is 2. The van der Waals surface area contributed by atoms with Gasteiger partial charge in [-0.15, -0.1) is 0 Å². The topological polar surface area (TPSA) is 100 Å². The summed E-state index contributed by atoms with van der Waals surface area (Å²) in [5.41, 5.74) is 2.08. The summed E-state index contributed by atoms with van der Waals surface area (Å²) in [6, 6.07) is 7.56. The van der Waals surface area contributed by atoms with E-state index in [0.717, 1.165) is 37.8 Å². The molecule has 0 aliphatic carbocycles. The highest BCUT2D eigenvalue weighted by atomic mass is 16.5. The van der Waals surface area contributed by atoms with Gasteiger partial charge in [-0.25, -0.2) is 0 Å². The highest BCUT2D eigenvalue weighted by Gasteiger charge is 2.30. The second-order valence-corrected chi connectivity index (χ2v) is 8.30. The molecule has 2 aliphatic rings. The monoisotopic (exact) mass is 411 g/mol. The van der Waals surface area contributed by atoms with Gasteiger partial charge in [0.25, 0.3) is 5.89 Å². The Morgan fingerprint density at radius 3 is 2.90 bits per heavy atom. The van der Waals surface area contributed by atoms with Crippen LogP contribution < -0.4 is 10.6 Å². The third-order valence-corrected chi connectivity index (χ3v) is 5.86. The molecule has 2 amide bonds. The van der Waals surface area contributed by atoms with Crippen molar-refractivity contribution in [3.8, 4) is 11.5 Å². The molecule has 2 atom stereocenters. The summed E-state index contributed by atoms with van der Waals surface area (Å²) in [5, 5.41) is 9.95. The van der Waals surface area contributed by atoms with Crippen LogP contribution in [0, 0.1) is 12.8 Å². The second kappa shape index (κ2) is 9.38. The van der Waals surface area contributed by atoms with Gasteiger partial charge in [0.2, 0.25) is 11.8 Å². The Bertz CT molecular complexity index is 879. The van der Waals surface area contributed by atoms with Crippen molar-refractivity contribution in [1.29, 1.82) is 0 Å². The number of aromatic nitrogens is 2. The van der Waals surface area contributed by atoms with Crippen molar-refractivity contribution in [3.05, 3.63) is 35.7 Å². The lowest BCUT2D eigenvalue weighted by Gasteiger charge is -2.31. The van der Waals surface area contributed by atoms with Gasteiger partial charge in [0.1, 0.15) is 6.04 Å². The number of hydrogen-bond donors (Lipinski definition) is 2. The van der Waals surface area contributed by atoms with Gasteiger partial charge >= 0.3 is 0 Å². The third-order valence-electron chi connectivity index (χ3n) is 5.86. The van der Waals surface area contributed by atoms with E-state index in [1.54, 1.807) is 0 Å². The molecule has 1 aromatic carbocycles. The summed E-state index contributed by atoms with van der Waals surface area (Å²) in [4.78, 5) is 31.6. The maximum atomic E-state index is 12.8. The van der Waals surface area contributed by atoms with Crippen LogP contribution in [0.5, 0.6) is 0 Å². The van der Waals surface area contributed by atoms with E-state index in [-0.39, 0.29) is 17.7 Å². The van der Waals surface area contributed by atoms with Gasteiger partial charge in [0, 0.05) is 18.7 Å². The zero-order chi connectivity index (χ0) is 20.9. The average molecular weight is 412 g/mol. The number of nitrogens with one attached hydrogen (secondary N) is 2. The zero-order valence-electron chi connectivity index (χ0n) is 17.4. The summed E-state index contributed by atoms with van der Waals surface area (Å²) < 4.78 is 5.42. The number of carbonyl (C=O) groups is 2. The fraction of sp³-hybridized carbons (Fsp3) is 0.545. The minimum atomic E-state index is -0.412. The molecule has 2 N–H and O–H groups in total. The van der Waals surface area contributed by atoms with E-state index < -0.39 is 6.04 Å². The maximum absolute atomic E-state index is 12.8. The van der Waals surface area contributed by atoms with Crippen LogP contribution in [0.2, 0.25) is 0 Å². The molecule has 0 spiro atoms. The number of nitrogens with zero attached hydrogens (tertiary/aromatic N) is 3. The fourth-order valence-electron chi connectivity index (χ4n) is 4.11. The lowest BCUT2D eigenvalue weighted by molar-refractivity contribution is -0.132. The van der Waals surface area contributed by atoms with Gasteiger partial charge in [0.05, 0.1) is 12.5 Å². The van der Waals surface area contributed by atoms with Crippen molar-refractivity contribution in [2.75, 3.05) is 19.6 Å². The lowest BCUT2D eigenvalue weighted by atomic mass is 9.96. The van der Waals surface area contributed by atoms with Gasteiger partial charge in [0.15, 0.2) is 5.82 Å². The van der Waals surface area contributed by atoms with Crippen LogP contribution in [-0.4, -0.2) is 52.5 Å². The molecule has 1 aromatic heterocycles. The Balaban J connectivity index is 1.33. The molecule has 0 unspecified atom stereocenters. The van der Waals surface area contributed by atoms with Crippen molar-refractivity contribution in [2.24, 2.45) is 5.92 Å².